The van der Waals surface area contributed by atoms with E-state index in [-0.39, 0.29) is 5.75 Å². The van der Waals surface area contributed by atoms with Crippen molar-refractivity contribution in [2.24, 2.45) is 16.8 Å². The molecule has 3 unspecified atom stereocenters. The first kappa shape index (κ1) is 15.9. The fraction of sp³-hybridized carbons (Fsp3) is 0.350. The fourth-order valence-electron chi connectivity index (χ4n) is 4.47. The van der Waals surface area contributed by atoms with Crippen LogP contribution >= 0.6 is 0 Å². The molecule has 1 saturated carbocycles. The zero-order valence-electron chi connectivity index (χ0n) is 13.9. The molecule has 2 aromatic rings. The van der Waals surface area contributed by atoms with Gasteiger partial charge in [0.05, 0.1) is 5.56 Å². The van der Waals surface area contributed by atoms with E-state index in [4.69, 9.17) is 0 Å². The molecule has 0 radical (unpaired) electrons. The summed E-state index contributed by atoms with van der Waals surface area (Å²) in [5.74, 6) is 1.53. The molecule has 5 rings (SSSR count). The lowest BCUT2D eigenvalue weighted by Gasteiger charge is -2.24. The van der Waals surface area contributed by atoms with Gasteiger partial charge in [0.25, 0.3) is 0 Å². The Bertz CT molecular complexity index is 905. The second kappa shape index (κ2) is 5.33. The van der Waals surface area contributed by atoms with Crippen LogP contribution in [0.3, 0.4) is 0 Å². The Morgan fingerprint density at radius 2 is 1.88 bits per heavy atom. The van der Waals surface area contributed by atoms with Gasteiger partial charge in [-0.3, -0.25) is 9.89 Å². The standard InChI is InChI=1S/C20H17F3N2O/c21-20(22,23)13-4-1-11(2-5-13)8-25-9-12-3-6-16(26)19-17(12)18-14(7-24-19)15(18)10-25/h1-7,14-15,18,26H,8-10H2. The Hall–Kier alpha value is -2.34. The predicted octanol–water partition coefficient (Wildman–Crippen LogP) is 4.47. The van der Waals surface area contributed by atoms with Crippen LogP contribution in [0.2, 0.25) is 0 Å². The summed E-state index contributed by atoms with van der Waals surface area (Å²) in [6.07, 6.45) is -2.36. The van der Waals surface area contributed by atoms with E-state index in [2.05, 4.69) is 9.89 Å². The Morgan fingerprint density at radius 3 is 2.62 bits per heavy atom. The number of fused-ring (bicyclic) bond motifs is 1. The van der Waals surface area contributed by atoms with Crippen LogP contribution < -0.4 is 0 Å². The second-order valence-corrected chi connectivity index (χ2v) is 7.42. The van der Waals surface area contributed by atoms with Gasteiger partial charge in [-0.1, -0.05) is 18.2 Å². The average Bonchev–Trinajstić information content (AvgIpc) is 3.32. The number of aliphatic imine (C=N–C) groups is 1. The van der Waals surface area contributed by atoms with Gasteiger partial charge in [0.1, 0.15) is 11.4 Å². The summed E-state index contributed by atoms with van der Waals surface area (Å²) in [5.41, 5.74) is 3.28. The van der Waals surface area contributed by atoms with Crippen LogP contribution in [-0.2, 0) is 19.3 Å². The molecule has 1 N–H and O–H groups in total. The Labute approximate surface area is 148 Å². The predicted molar refractivity (Wildman–Crippen MR) is 91.5 cm³/mol. The number of aromatic hydroxyl groups is 1. The molecule has 0 bridgehead atoms. The van der Waals surface area contributed by atoms with Gasteiger partial charge in [-0.2, -0.15) is 13.2 Å². The third-order valence-corrected chi connectivity index (χ3v) is 5.78. The molecule has 6 heteroatoms. The van der Waals surface area contributed by atoms with Crippen molar-refractivity contribution < 1.29 is 18.3 Å². The van der Waals surface area contributed by atoms with Gasteiger partial charge in [-0.25, -0.2) is 0 Å². The van der Waals surface area contributed by atoms with Crippen molar-refractivity contribution in [2.45, 2.75) is 25.2 Å². The third kappa shape index (κ3) is 2.43. The SMILES string of the molecule is Oc1ccc2c3c1N=CC1C(CN(Cc4ccc(C(F)(F)F)cc4)C2)C31. The average molecular weight is 358 g/mol. The van der Waals surface area contributed by atoms with E-state index in [0.717, 1.165) is 41.9 Å². The molecule has 1 aliphatic carbocycles. The van der Waals surface area contributed by atoms with E-state index in [1.54, 1.807) is 18.2 Å². The maximum Gasteiger partial charge on any atom is 0.416 e. The molecule has 3 atom stereocenters. The van der Waals surface area contributed by atoms with E-state index in [1.807, 2.05) is 12.3 Å². The van der Waals surface area contributed by atoms with Crippen molar-refractivity contribution in [3.8, 4) is 5.75 Å². The number of hydrogen-bond donors (Lipinski definition) is 1. The number of halogens is 3. The molecule has 2 heterocycles. The molecular formula is C20H17F3N2O. The normalized spacial score (nSPS) is 26.3. The third-order valence-electron chi connectivity index (χ3n) is 5.78. The summed E-state index contributed by atoms with van der Waals surface area (Å²) in [5, 5.41) is 10.1. The summed E-state index contributed by atoms with van der Waals surface area (Å²) < 4.78 is 38.2. The Kier molecular flexibility index (Phi) is 3.26. The molecule has 1 fully saturated rings. The van der Waals surface area contributed by atoms with Gasteiger partial charge in [0.2, 0.25) is 0 Å². The van der Waals surface area contributed by atoms with Crippen LogP contribution in [0.25, 0.3) is 0 Å². The number of phenols is 1. The number of hydrogen-bond acceptors (Lipinski definition) is 3. The minimum Gasteiger partial charge on any atom is -0.506 e. The monoisotopic (exact) mass is 358 g/mol. The first-order valence-corrected chi connectivity index (χ1v) is 8.69. The molecule has 2 aromatic carbocycles. The molecule has 0 amide bonds. The zero-order valence-corrected chi connectivity index (χ0v) is 13.9. The fourth-order valence-corrected chi connectivity index (χ4v) is 4.47. The van der Waals surface area contributed by atoms with Gasteiger partial charge >= 0.3 is 6.18 Å². The summed E-state index contributed by atoms with van der Waals surface area (Å²) in [7, 11) is 0. The molecule has 2 aliphatic heterocycles. The van der Waals surface area contributed by atoms with Crippen molar-refractivity contribution in [3.05, 3.63) is 58.7 Å². The van der Waals surface area contributed by atoms with Crippen LogP contribution in [0.4, 0.5) is 18.9 Å². The molecular weight excluding hydrogens is 341 g/mol. The van der Waals surface area contributed by atoms with Crippen LogP contribution in [0.5, 0.6) is 5.75 Å². The topological polar surface area (TPSA) is 35.8 Å². The Morgan fingerprint density at radius 1 is 1.12 bits per heavy atom. The summed E-state index contributed by atoms with van der Waals surface area (Å²) in [6, 6.07) is 9.06. The van der Waals surface area contributed by atoms with Crippen molar-refractivity contribution in [2.75, 3.05) is 6.54 Å². The second-order valence-electron chi connectivity index (χ2n) is 7.42. The number of phenolic OH excluding ortho intramolecular Hbond substituents is 1. The van der Waals surface area contributed by atoms with E-state index >= 15 is 0 Å². The largest absolute Gasteiger partial charge is 0.506 e. The minimum absolute atomic E-state index is 0.222. The number of nitrogens with zero attached hydrogens (tertiary/aromatic N) is 2. The summed E-state index contributed by atoms with van der Waals surface area (Å²) in [4.78, 5) is 6.73. The highest BCUT2D eigenvalue weighted by Gasteiger charge is 2.55. The van der Waals surface area contributed by atoms with Gasteiger partial charge in [0, 0.05) is 31.8 Å². The number of alkyl halides is 3. The minimum atomic E-state index is -4.30. The van der Waals surface area contributed by atoms with Crippen LogP contribution in [-0.4, -0.2) is 22.8 Å². The number of rotatable bonds is 2. The first-order chi connectivity index (χ1) is 12.4. The van der Waals surface area contributed by atoms with Crippen molar-refractivity contribution in [3.63, 3.8) is 0 Å². The maximum atomic E-state index is 12.7. The summed E-state index contributed by atoms with van der Waals surface area (Å²) in [6.45, 7) is 2.22. The van der Waals surface area contributed by atoms with Crippen molar-refractivity contribution >= 4 is 11.9 Å². The van der Waals surface area contributed by atoms with E-state index in [9.17, 15) is 18.3 Å². The van der Waals surface area contributed by atoms with Crippen LogP contribution in [0.1, 0.15) is 28.2 Å². The maximum absolute atomic E-state index is 12.7. The lowest BCUT2D eigenvalue weighted by Crippen LogP contribution is -2.25. The van der Waals surface area contributed by atoms with Gasteiger partial charge in [-0.05, 0) is 46.7 Å². The van der Waals surface area contributed by atoms with Crippen molar-refractivity contribution in [1.82, 2.24) is 4.90 Å². The van der Waals surface area contributed by atoms with Crippen molar-refractivity contribution in [1.29, 1.82) is 0 Å². The zero-order chi connectivity index (χ0) is 18.1. The molecule has 0 saturated heterocycles. The highest BCUT2D eigenvalue weighted by Crippen LogP contribution is 2.61. The lowest BCUT2D eigenvalue weighted by atomic mass is 9.97. The van der Waals surface area contributed by atoms with Gasteiger partial charge < -0.3 is 5.11 Å². The van der Waals surface area contributed by atoms with E-state index < -0.39 is 11.7 Å². The molecule has 3 aliphatic rings. The van der Waals surface area contributed by atoms with Crippen LogP contribution in [0.15, 0.2) is 41.4 Å². The molecule has 134 valence electrons. The van der Waals surface area contributed by atoms with Gasteiger partial charge in [0.15, 0.2) is 0 Å². The van der Waals surface area contributed by atoms with E-state index in [0.29, 0.717) is 30.0 Å². The summed E-state index contributed by atoms with van der Waals surface area (Å²) >= 11 is 0. The quantitative estimate of drug-likeness (QED) is 0.860. The van der Waals surface area contributed by atoms with Gasteiger partial charge in [-0.15, -0.1) is 0 Å². The molecule has 0 aromatic heterocycles. The molecule has 0 spiro atoms. The molecule has 26 heavy (non-hydrogen) atoms. The van der Waals surface area contributed by atoms with Crippen LogP contribution in [0, 0.1) is 11.8 Å². The highest BCUT2D eigenvalue weighted by molar-refractivity contribution is 5.81. The Balaban J connectivity index is 1.42. The van der Waals surface area contributed by atoms with E-state index in [1.165, 1.54) is 0 Å². The smallest absolute Gasteiger partial charge is 0.416 e. The first-order valence-electron chi connectivity index (χ1n) is 8.69. The molecule has 3 nitrogen and oxygen atoms in total. The lowest BCUT2D eigenvalue weighted by molar-refractivity contribution is -0.137. The number of benzene rings is 2. The highest BCUT2D eigenvalue weighted by atomic mass is 19.4.